The van der Waals surface area contributed by atoms with Crippen LogP contribution in [0, 0.1) is 34.5 Å². The number of carbonyl (C=O) groups excluding carboxylic acids is 2. The van der Waals surface area contributed by atoms with Crippen LogP contribution in [0.25, 0.3) is 10.8 Å². The lowest BCUT2D eigenvalue weighted by Crippen LogP contribution is -2.79. The predicted molar refractivity (Wildman–Crippen MR) is 229 cm³/mol. The molecule has 0 amide bonds. The Labute approximate surface area is 365 Å². The fourth-order valence-corrected chi connectivity index (χ4v) is 16.4. The van der Waals surface area contributed by atoms with E-state index in [0.717, 1.165) is 81.8 Å². The van der Waals surface area contributed by atoms with Gasteiger partial charge in [-0.2, -0.15) is 0 Å². The van der Waals surface area contributed by atoms with E-state index in [9.17, 15) is 40.2 Å². The highest BCUT2D eigenvalue weighted by Crippen LogP contribution is 2.74. The average molecular weight is 857 g/mol. The Hall–Kier alpha value is -4.17. The number of benzene rings is 2. The Balaban J connectivity index is 1.12. The summed E-state index contributed by atoms with van der Waals surface area (Å²) in [6, 6.07) is 6.25. The molecule has 1 saturated heterocycles. The molecule has 7 N–H and O–H groups in total. The normalized spacial score (nSPS) is 40.0. The van der Waals surface area contributed by atoms with Crippen molar-refractivity contribution in [3.8, 4) is 11.5 Å². The van der Waals surface area contributed by atoms with Crippen LogP contribution in [-0.2, 0) is 4.74 Å². The number of nitrogens with one attached hydrogen (secondary N) is 1. The van der Waals surface area contributed by atoms with E-state index in [4.69, 9.17) is 14.5 Å². The largest absolute Gasteiger partial charge is 0.507 e. The number of aromatic hydroxyl groups is 1. The van der Waals surface area contributed by atoms with Gasteiger partial charge in [0.2, 0.25) is 5.78 Å². The van der Waals surface area contributed by atoms with E-state index in [0.29, 0.717) is 59.8 Å². The molecule has 63 heavy (non-hydrogen) atoms. The van der Waals surface area contributed by atoms with Crippen LogP contribution in [0.5, 0.6) is 11.5 Å². The van der Waals surface area contributed by atoms with Crippen LogP contribution >= 0.6 is 0 Å². The van der Waals surface area contributed by atoms with Gasteiger partial charge < -0.3 is 45.4 Å². The minimum absolute atomic E-state index is 0.0200. The molecule has 11 aliphatic rings. The van der Waals surface area contributed by atoms with Gasteiger partial charge in [0.15, 0.2) is 17.5 Å². The standard InChI is InChI=1S/C51H56N2O10/c1-25-16-30-35(32(54)17-25)40(57)37-33-18-29-28(36(37)39(30)56)8-15-52-44(29)53-22-34(55)49-24-47(11-4-5-12-47)20-27(49)7-6-26-19-50(62-33)42(59)41(58)43(60)51(63-50)38(26)31(49)21-48(45(51)61)14-13-46(23-48)9-2-3-10-46/h8,15-19,27,34,41-43,45,54-55,58-61H,2-7,9-14,20-24H2,1H3,(H,52,53). The molecule has 3 aromatic rings. The molecule has 10 atom stereocenters. The number of hydrogen-bond donors (Lipinski definition) is 7. The molecule has 12 nitrogen and oxygen atoms in total. The molecule has 4 aliphatic heterocycles. The van der Waals surface area contributed by atoms with Gasteiger partial charge >= 0.3 is 0 Å². The summed E-state index contributed by atoms with van der Waals surface area (Å²) in [7, 11) is 0. The van der Waals surface area contributed by atoms with E-state index in [1.165, 1.54) is 6.07 Å². The fourth-order valence-electron chi connectivity index (χ4n) is 16.4. The molecule has 8 bridgehead atoms. The maximum absolute atomic E-state index is 14.9. The van der Waals surface area contributed by atoms with E-state index in [1.807, 2.05) is 0 Å². The van der Waals surface area contributed by atoms with Crippen LogP contribution in [0.2, 0.25) is 0 Å². The Morgan fingerprint density at radius 1 is 0.825 bits per heavy atom. The van der Waals surface area contributed by atoms with Gasteiger partial charge in [0, 0.05) is 40.1 Å². The summed E-state index contributed by atoms with van der Waals surface area (Å²) in [6.45, 7) is 1.83. The molecule has 12 heteroatoms. The molecule has 10 unspecified atom stereocenters. The summed E-state index contributed by atoms with van der Waals surface area (Å²) >= 11 is 0. The molecular weight excluding hydrogens is 801 g/mol. The first-order chi connectivity index (χ1) is 30.2. The quantitative estimate of drug-likeness (QED) is 0.106. The first kappa shape index (κ1) is 39.2. The number of aliphatic hydroxyl groups excluding tert-OH is 5. The topological polar surface area (TPSA) is 199 Å². The van der Waals surface area contributed by atoms with Crippen molar-refractivity contribution in [2.75, 3.05) is 11.9 Å². The third-order valence-electron chi connectivity index (χ3n) is 18.9. The van der Waals surface area contributed by atoms with Gasteiger partial charge in [-0.1, -0.05) is 31.3 Å². The number of anilines is 1. The van der Waals surface area contributed by atoms with Gasteiger partial charge in [-0.25, -0.2) is 4.98 Å². The third-order valence-corrected chi connectivity index (χ3v) is 18.9. The van der Waals surface area contributed by atoms with Crippen molar-refractivity contribution in [3.05, 3.63) is 81.1 Å². The van der Waals surface area contributed by atoms with Crippen molar-refractivity contribution >= 4 is 28.2 Å². The van der Waals surface area contributed by atoms with Gasteiger partial charge in [-0.15, -0.1) is 0 Å². The van der Waals surface area contributed by atoms with Gasteiger partial charge in [-0.3, -0.25) is 9.59 Å². The summed E-state index contributed by atoms with van der Waals surface area (Å²) in [5.74, 6) is -3.57. The highest BCUT2D eigenvalue weighted by molar-refractivity contribution is 6.34. The van der Waals surface area contributed by atoms with Gasteiger partial charge in [0.25, 0.3) is 5.79 Å². The third kappa shape index (κ3) is 4.75. The predicted octanol–water partition coefficient (Wildman–Crippen LogP) is 6.22. The van der Waals surface area contributed by atoms with Crippen LogP contribution in [0.1, 0.15) is 140 Å². The molecule has 2 aromatic carbocycles. The van der Waals surface area contributed by atoms with Crippen LogP contribution in [-0.4, -0.2) is 95.6 Å². The lowest BCUT2D eigenvalue weighted by atomic mass is 9.51. The molecular formula is C51H56N2O10. The van der Waals surface area contributed by atoms with Crippen molar-refractivity contribution in [3.63, 3.8) is 0 Å². The van der Waals surface area contributed by atoms with E-state index >= 15 is 0 Å². The van der Waals surface area contributed by atoms with E-state index < -0.39 is 64.3 Å². The number of hydrogen-bond acceptors (Lipinski definition) is 12. The van der Waals surface area contributed by atoms with Crippen molar-refractivity contribution in [2.45, 2.75) is 152 Å². The average Bonchev–Trinajstić information content (AvgIpc) is 4.06. The first-order valence-corrected chi connectivity index (χ1v) is 23.6. The maximum atomic E-state index is 14.9. The number of aromatic nitrogens is 1. The van der Waals surface area contributed by atoms with Crippen LogP contribution in [0.15, 0.2) is 53.3 Å². The number of fused-ring (bicyclic) bond motifs is 5. The number of pyridine rings is 1. The van der Waals surface area contributed by atoms with Crippen LogP contribution in [0.3, 0.4) is 0 Å². The number of ether oxygens (including phenoxy) is 2. The van der Waals surface area contributed by atoms with Crippen molar-refractivity contribution in [1.29, 1.82) is 0 Å². The number of aliphatic hydroxyl groups is 5. The number of phenolic OH excluding ortho intramolecular Hbond substituents is 1. The highest BCUT2D eigenvalue weighted by Gasteiger charge is 2.76. The van der Waals surface area contributed by atoms with E-state index in [1.54, 1.807) is 37.4 Å². The van der Waals surface area contributed by atoms with Crippen LogP contribution in [0.4, 0.5) is 5.82 Å². The zero-order chi connectivity index (χ0) is 43.2. The summed E-state index contributed by atoms with van der Waals surface area (Å²) in [4.78, 5) is 34.5. The number of phenols is 1. The Kier molecular flexibility index (Phi) is 7.83. The van der Waals surface area contributed by atoms with Crippen molar-refractivity contribution < 1.29 is 49.7 Å². The molecule has 6 spiro atoms. The van der Waals surface area contributed by atoms with E-state index in [-0.39, 0.29) is 57.0 Å². The monoisotopic (exact) mass is 856 g/mol. The minimum Gasteiger partial charge on any atom is -0.507 e. The second-order valence-corrected chi connectivity index (χ2v) is 22.0. The second-order valence-electron chi connectivity index (χ2n) is 22.0. The summed E-state index contributed by atoms with van der Waals surface area (Å²) in [5.41, 5.74) is -0.837. The van der Waals surface area contributed by atoms with Crippen molar-refractivity contribution in [1.82, 2.24) is 4.98 Å². The zero-order valence-electron chi connectivity index (χ0n) is 35.7. The smallest absolute Gasteiger partial charge is 0.260 e. The number of carbonyl (C=O) groups is 2. The lowest BCUT2D eigenvalue weighted by molar-refractivity contribution is -0.368. The minimum atomic E-state index is -2.27. The first-order valence-electron chi connectivity index (χ1n) is 23.6. The number of rotatable bonds is 0. The Bertz CT molecular complexity index is 2660. The molecule has 330 valence electrons. The second kappa shape index (κ2) is 12.6. The molecule has 1 aromatic heterocycles. The fraction of sp³-hybridized carbons (Fsp3) is 0.588. The molecule has 5 fully saturated rings. The lowest BCUT2D eigenvalue weighted by Gasteiger charge is -2.64. The summed E-state index contributed by atoms with van der Waals surface area (Å²) in [6.07, 6.45) is 9.84. The van der Waals surface area contributed by atoms with E-state index in [2.05, 4.69) is 5.32 Å². The molecule has 4 saturated carbocycles. The number of aryl methyl sites for hydroxylation is 1. The SMILES string of the molecule is Cc1cc(O)c2c(c1)C(=O)c1c(c3cc4c(nccc14)NCC(O)C14CC5(CCCC5)CC1CCC1=CC5(O3)OC3(C1=C4CC1(CCC4(CCCC4)C1)C3O)C(O)C(O)C5O)C2=O. The zero-order valence-corrected chi connectivity index (χ0v) is 35.7. The van der Waals surface area contributed by atoms with Crippen LogP contribution < -0.4 is 10.1 Å². The molecule has 5 heterocycles. The van der Waals surface area contributed by atoms with Gasteiger partial charge in [-0.05, 0) is 153 Å². The Morgan fingerprint density at radius 2 is 1.59 bits per heavy atom. The van der Waals surface area contributed by atoms with Gasteiger partial charge in [0.1, 0.15) is 29.5 Å². The Morgan fingerprint density at radius 3 is 2.37 bits per heavy atom. The molecule has 14 rings (SSSR count). The molecule has 7 aliphatic carbocycles. The summed E-state index contributed by atoms with van der Waals surface area (Å²) < 4.78 is 14.4. The molecule has 0 radical (unpaired) electrons. The number of ketones is 2. The van der Waals surface area contributed by atoms with Crippen molar-refractivity contribution in [2.24, 2.45) is 27.6 Å². The van der Waals surface area contributed by atoms with Gasteiger partial charge in [0.05, 0.1) is 23.3 Å². The number of nitrogens with zero attached hydrogens (tertiary/aromatic N) is 1. The summed E-state index contributed by atoms with van der Waals surface area (Å²) in [5, 5.41) is 80.1. The maximum Gasteiger partial charge on any atom is 0.260 e. The highest BCUT2D eigenvalue weighted by atomic mass is 16.7.